The monoisotopic (exact) mass is 268 g/mol. The topological polar surface area (TPSA) is 98.0 Å². The van der Waals surface area contributed by atoms with Crippen molar-refractivity contribution in [3.8, 4) is 6.01 Å². The average Bonchev–Trinajstić information content (AvgIpc) is 2.35. The van der Waals surface area contributed by atoms with E-state index in [1.807, 2.05) is 13.8 Å². The third-order valence-corrected chi connectivity index (χ3v) is 2.45. The second-order valence-corrected chi connectivity index (χ2v) is 4.76. The Balaban J connectivity index is 2.75. The fourth-order valence-corrected chi connectivity index (χ4v) is 1.55. The van der Waals surface area contributed by atoms with Crippen molar-refractivity contribution < 1.29 is 4.74 Å². The Kier molecular flexibility index (Phi) is 6.27. The first-order valence-corrected chi connectivity index (χ1v) is 6.71. The number of nitrogens with zero attached hydrogens (tertiary/aromatic N) is 3. The molecule has 0 spiro atoms. The van der Waals surface area contributed by atoms with Gasteiger partial charge in [-0.2, -0.15) is 15.0 Å². The summed E-state index contributed by atoms with van der Waals surface area (Å²) in [6, 6.07) is 0.558. The van der Waals surface area contributed by atoms with E-state index >= 15 is 0 Å². The largest absolute Gasteiger partial charge is 0.461 e. The van der Waals surface area contributed by atoms with Crippen LogP contribution in [0.25, 0.3) is 0 Å². The lowest BCUT2D eigenvalue weighted by Crippen LogP contribution is -2.20. The molecule has 0 bridgehead atoms. The molecule has 1 aromatic rings. The Bertz CT molecular complexity index is 384. The van der Waals surface area contributed by atoms with Crippen molar-refractivity contribution in [1.82, 2.24) is 15.0 Å². The predicted molar refractivity (Wildman–Crippen MR) is 76.0 cm³/mol. The molecule has 0 aromatic carbocycles. The van der Waals surface area contributed by atoms with Gasteiger partial charge in [0.05, 0.1) is 6.10 Å². The van der Waals surface area contributed by atoms with Crippen LogP contribution in [0.4, 0.5) is 11.9 Å². The Labute approximate surface area is 114 Å². The minimum Gasteiger partial charge on any atom is -0.461 e. The zero-order valence-electron chi connectivity index (χ0n) is 12.1. The molecule has 1 atom stereocenters. The van der Waals surface area contributed by atoms with Crippen molar-refractivity contribution in [2.24, 2.45) is 5.84 Å². The number of nitrogen functional groups attached to an aromatic ring is 1. The molecule has 108 valence electrons. The lowest BCUT2D eigenvalue weighted by molar-refractivity contribution is 0.222. The number of hydrogen-bond acceptors (Lipinski definition) is 7. The molecular weight excluding hydrogens is 244 g/mol. The molecule has 19 heavy (non-hydrogen) atoms. The van der Waals surface area contributed by atoms with E-state index in [1.54, 1.807) is 0 Å². The van der Waals surface area contributed by atoms with Gasteiger partial charge in [-0.25, -0.2) is 5.84 Å². The third-order valence-electron chi connectivity index (χ3n) is 2.45. The van der Waals surface area contributed by atoms with Gasteiger partial charge >= 0.3 is 6.01 Å². The van der Waals surface area contributed by atoms with E-state index in [9.17, 15) is 0 Å². The van der Waals surface area contributed by atoms with Crippen LogP contribution in [0, 0.1) is 0 Å². The van der Waals surface area contributed by atoms with Crippen molar-refractivity contribution in [1.29, 1.82) is 0 Å². The van der Waals surface area contributed by atoms with Crippen LogP contribution in [0.15, 0.2) is 0 Å². The molecule has 0 aliphatic rings. The molecule has 0 fully saturated rings. The first kappa shape index (κ1) is 15.4. The van der Waals surface area contributed by atoms with Crippen molar-refractivity contribution in [3.63, 3.8) is 0 Å². The summed E-state index contributed by atoms with van der Waals surface area (Å²) < 4.78 is 5.46. The molecule has 4 N–H and O–H groups in total. The second kappa shape index (κ2) is 7.73. The molecule has 7 nitrogen and oxygen atoms in total. The summed E-state index contributed by atoms with van der Waals surface area (Å²) in [4.78, 5) is 12.4. The van der Waals surface area contributed by atoms with Crippen LogP contribution < -0.4 is 21.3 Å². The van der Waals surface area contributed by atoms with E-state index in [4.69, 9.17) is 10.6 Å². The smallest absolute Gasteiger partial charge is 0.323 e. The van der Waals surface area contributed by atoms with Crippen LogP contribution in [0.3, 0.4) is 0 Å². The number of ether oxygens (including phenoxy) is 1. The highest BCUT2D eigenvalue weighted by Gasteiger charge is 2.10. The van der Waals surface area contributed by atoms with Gasteiger partial charge in [0.15, 0.2) is 0 Å². The average molecular weight is 268 g/mol. The lowest BCUT2D eigenvalue weighted by Gasteiger charge is -2.15. The molecule has 0 amide bonds. The molecule has 0 aliphatic carbocycles. The zero-order valence-corrected chi connectivity index (χ0v) is 12.1. The highest BCUT2D eigenvalue weighted by Crippen LogP contribution is 2.13. The summed E-state index contributed by atoms with van der Waals surface area (Å²) in [6.07, 6.45) is 3.39. The molecule has 1 heterocycles. The number of hydrazine groups is 1. The molecule has 1 unspecified atom stereocenters. The SMILES string of the molecule is CCCCC(C)Nc1nc(NN)nc(OC(C)C)n1. The fourth-order valence-electron chi connectivity index (χ4n) is 1.55. The van der Waals surface area contributed by atoms with Gasteiger partial charge in [-0.3, -0.25) is 5.43 Å². The number of nitrogens with one attached hydrogen (secondary N) is 2. The number of aromatic nitrogens is 3. The molecule has 1 rings (SSSR count). The molecular formula is C12H24N6O. The first-order valence-electron chi connectivity index (χ1n) is 6.71. The molecule has 0 saturated heterocycles. The first-order chi connectivity index (χ1) is 9.05. The summed E-state index contributed by atoms with van der Waals surface area (Å²) >= 11 is 0. The molecule has 7 heteroatoms. The summed E-state index contributed by atoms with van der Waals surface area (Å²) in [6.45, 7) is 8.09. The third kappa shape index (κ3) is 5.69. The number of rotatable bonds is 8. The maximum atomic E-state index is 5.46. The number of hydrogen-bond donors (Lipinski definition) is 3. The molecule has 0 aliphatic heterocycles. The normalized spacial score (nSPS) is 12.3. The summed E-state index contributed by atoms with van der Waals surface area (Å²) in [5.74, 6) is 6.11. The van der Waals surface area contributed by atoms with Crippen LogP contribution in [0.5, 0.6) is 6.01 Å². The van der Waals surface area contributed by atoms with Gasteiger partial charge in [0.2, 0.25) is 11.9 Å². The van der Waals surface area contributed by atoms with Crippen molar-refractivity contribution in [2.45, 2.75) is 59.1 Å². The summed E-state index contributed by atoms with van der Waals surface area (Å²) in [5.41, 5.74) is 2.42. The van der Waals surface area contributed by atoms with Crippen molar-refractivity contribution >= 4 is 11.9 Å². The fraction of sp³-hybridized carbons (Fsp3) is 0.750. The van der Waals surface area contributed by atoms with Crippen LogP contribution in [-0.2, 0) is 0 Å². The predicted octanol–water partition coefficient (Wildman–Crippen LogP) is 1.93. The highest BCUT2D eigenvalue weighted by atomic mass is 16.5. The second-order valence-electron chi connectivity index (χ2n) is 4.76. The van der Waals surface area contributed by atoms with Crippen molar-refractivity contribution in [3.05, 3.63) is 0 Å². The van der Waals surface area contributed by atoms with E-state index in [-0.39, 0.29) is 18.1 Å². The Morgan fingerprint density at radius 1 is 1.16 bits per heavy atom. The van der Waals surface area contributed by atoms with Gasteiger partial charge in [-0.1, -0.05) is 19.8 Å². The minimum absolute atomic E-state index is 0.00149. The molecule has 0 radical (unpaired) electrons. The Morgan fingerprint density at radius 3 is 2.42 bits per heavy atom. The number of unbranched alkanes of at least 4 members (excludes halogenated alkanes) is 1. The van der Waals surface area contributed by atoms with E-state index in [0.717, 1.165) is 12.8 Å². The van der Waals surface area contributed by atoms with Gasteiger partial charge in [-0.05, 0) is 27.2 Å². The lowest BCUT2D eigenvalue weighted by atomic mass is 10.1. The Hall–Kier alpha value is -1.63. The van der Waals surface area contributed by atoms with Gasteiger partial charge in [0.1, 0.15) is 0 Å². The Morgan fingerprint density at radius 2 is 1.84 bits per heavy atom. The maximum absolute atomic E-state index is 5.46. The van der Waals surface area contributed by atoms with E-state index in [0.29, 0.717) is 12.0 Å². The van der Waals surface area contributed by atoms with Crippen LogP contribution in [-0.4, -0.2) is 27.1 Å². The summed E-state index contributed by atoms with van der Waals surface area (Å²) in [5, 5.41) is 3.23. The van der Waals surface area contributed by atoms with E-state index < -0.39 is 0 Å². The van der Waals surface area contributed by atoms with Gasteiger partial charge < -0.3 is 10.1 Å². The quantitative estimate of drug-likeness (QED) is 0.489. The molecule has 0 saturated carbocycles. The van der Waals surface area contributed by atoms with E-state index in [1.165, 1.54) is 6.42 Å². The maximum Gasteiger partial charge on any atom is 0.323 e. The number of anilines is 2. The minimum atomic E-state index is -0.00149. The molecule has 1 aromatic heterocycles. The standard InChI is InChI=1S/C12H24N6O/c1-5-6-7-9(4)14-10-15-11(18-13)17-12(16-10)19-8(2)3/h8-9H,5-7,13H2,1-4H3,(H2,14,15,16,17,18). The van der Waals surface area contributed by atoms with Gasteiger partial charge in [0.25, 0.3) is 0 Å². The highest BCUT2D eigenvalue weighted by molar-refractivity contribution is 5.35. The number of nitrogens with two attached hydrogens (primary N) is 1. The van der Waals surface area contributed by atoms with Crippen LogP contribution in [0.2, 0.25) is 0 Å². The van der Waals surface area contributed by atoms with Gasteiger partial charge in [0, 0.05) is 6.04 Å². The summed E-state index contributed by atoms with van der Waals surface area (Å²) in [7, 11) is 0. The van der Waals surface area contributed by atoms with Crippen molar-refractivity contribution in [2.75, 3.05) is 10.7 Å². The van der Waals surface area contributed by atoms with E-state index in [2.05, 4.69) is 39.5 Å². The van der Waals surface area contributed by atoms with Crippen LogP contribution in [0.1, 0.15) is 47.0 Å². The zero-order chi connectivity index (χ0) is 14.3. The van der Waals surface area contributed by atoms with Crippen LogP contribution >= 0.6 is 0 Å². The van der Waals surface area contributed by atoms with Gasteiger partial charge in [-0.15, -0.1) is 0 Å².